The topological polar surface area (TPSA) is 41.1 Å². The number of amides is 1. The summed E-state index contributed by atoms with van der Waals surface area (Å²) in [5.41, 5.74) is 0. The zero-order chi connectivity index (χ0) is 15.8. The van der Waals surface area contributed by atoms with Crippen molar-refractivity contribution in [3.63, 3.8) is 0 Å². The molecule has 0 aliphatic carbocycles. The average molecular weight is 299 g/mol. The van der Waals surface area contributed by atoms with Crippen LogP contribution in [0, 0.1) is 0 Å². The third-order valence-corrected chi connectivity index (χ3v) is 4.09. The normalized spacial score (nSPS) is 12.3. The van der Waals surface area contributed by atoms with Gasteiger partial charge in [0.15, 0.2) is 0 Å². The highest BCUT2D eigenvalue weighted by atomic mass is 16.1. The highest BCUT2D eigenvalue weighted by Crippen LogP contribution is 2.11. The Kier molecular flexibility index (Phi) is 15.4. The van der Waals surface area contributed by atoms with E-state index in [9.17, 15) is 4.79 Å². The summed E-state index contributed by atoms with van der Waals surface area (Å²) in [6.07, 6.45) is 15.4. The van der Waals surface area contributed by atoms with E-state index in [4.69, 9.17) is 0 Å². The summed E-state index contributed by atoms with van der Waals surface area (Å²) in [6.45, 7) is 5.48. The second-order valence-corrected chi connectivity index (χ2v) is 6.25. The van der Waals surface area contributed by atoms with Crippen molar-refractivity contribution in [2.24, 2.45) is 0 Å². The lowest BCUT2D eigenvalue weighted by Crippen LogP contribution is -2.28. The summed E-state index contributed by atoms with van der Waals surface area (Å²) < 4.78 is 0. The molecule has 0 bridgehead atoms. The molecule has 1 atom stereocenters. The highest BCUT2D eigenvalue weighted by Gasteiger charge is 2.02. The van der Waals surface area contributed by atoms with E-state index in [0.717, 1.165) is 13.0 Å². The van der Waals surface area contributed by atoms with E-state index in [-0.39, 0.29) is 5.91 Å². The molecule has 0 aromatic rings. The molecule has 0 heterocycles. The lowest BCUT2D eigenvalue weighted by molar-refractivity contribution is -0.120. The van der Waals surface area contributed by atoms with Crippen molar-refractivity contribution in [2.45, 2.75) is 96.9 Å². The van der Waals surface area contributed by atoms with Gasteiger partial charge in [0.25, 0.3) is 0 Å². The first-order chi connectivity index (χ1) is 10.2. The molecule has 0 aromatic carbocycles. The van der Waals surface area contributed by atoms with Crippen LogP contribution in [0.2, 0.25) is 0 Å². The van der Waals surface area contributed by atoms with Crippen LogP contribution in [0.25, 0.3) is 0 Å². The van der Waals surface area contributed by atoms with Gasteiger partial charge < -0.3 is 10.6 Å². The number of hydrogen-bond acceptors (Lipinski definition) is 2. The summed E-state index contributed by atoms with van der Waals surface area (Å²) in [6, 6.07) is 0.583. The Balaban J connectivity index is 3.19. The fourth-order valence-corrected chi connectivity index (χ4v) is 2.59. The van der Waals surface area contributed by atoms with Crippen molar-refractivity contribution >= 4 is 5.91 Å². The van der Waals surface area contributed by atoms with Crippen LogP contribution in [0.15, 0.2) is 0 Å². The first-order valence-electron chi connectivity index (χ1n) is 9.14. The van der Waals surface area contributed by atoms with Gasteiger partial charge in [-0.05, 0) is 26.3 Å². The second-order valence-electron chi connectivity index (χ2n) is 6.25. The summed E-state index contributed by atoms with van der Waals surface area (Å²) in [4.78, 5) is 11.1. The number of hydrogen-bond donors (Lipinski definition) is 2. The van der Waals surface area contributed by atoms with Crippen LogP contribution in [0.5, 0.6) is 0 Å². The molecule has 1 amide bonds. The number of carbonyl (C=O) groups excluding carboxylic acids is 1. The van der Waals surface area contributed by atoms with E-state index in [1.54, 1.807) is 7.05 Å². The largest absolute Gasteiger partial charge is 0.359 e. The van der Waals surface area contributed by atoms with Gasteiger partial charge in [-0.25, -0.2) is 0 Å². The molecule has 0 aromatic heterocycles. The van der Waals surface area contributed by atoms with Crippen molar-refractivity contribution in [3.8, 4) is 0 Å². The monoisotopic (exact) mass is 298 g/mol. The molecule has 2 N–H and O–H groups in total. The van der Waals surface area contributed by atoms with Gasteiger partial charge in [-0.1, -0.05) is 64.7 Å². The van der Waals surface area contributed by atoms with Crippen LogP contribution in [-0.2, 0) is 4.79 Å². The SMILES string of the molecule is CCCCCCCCCCCC(C)NCCCC(=O)NC. The fraction of sp³-hybridized carbons (Fsp3) is 0.944. The van der Waals surface area contributed by atoms with Crippen molar-refractivity contribution in [1.29, 1.82) is 0 Å². The van der Waals surface area contributed by atoms with E-state index in [0.29, 0.717) is 12.5 Å². The van der Waals surface area contributed by atoms with E-state index >= 15 is 0 Å². The van der Waals surface area contributed by atoms with Gasteiger partial charge in [-0.3, -0.25) is 4.79 Å². The number of rotatable bonds is 15. The predicted octanol–water partition coefficient (Wildman–Crippen LogP) is 4.41. The predicted molar refractivity (Wildman–Crippen MR) is 92.6 cm³/mol. The molecule has 0 aliphatic heterocycles. The maximum atomic E-state index is 11.1. The molecular formula is C18H38N2O. The number of nitrogens with one attached hydrogen (secondary N) is 2. The minimum absolute atomic E-state index is 0.142. The summed E-state index contributed by atoms with van der Waals surface area (Å²) in [5.74, 6) is 0.142. The number of carbonyl (C=O) groups is 1. The summed E-state index contributed by atoms with van der Waals surface area (Å²) in [7, 11) is 1.70. The third-order valence-electron chi connectivity index (χ3n) is 4.09. The van der Waals surface area contributed by atoms with Gasteiger partial charge in [0, 0.05) is 19.5 Å². The molecule has 0 radical (unpaired) electrons. The van der Waals surface area contributed by atoms with E-state index in [1.165, 1.54) is 64.2 Å². The van der Waals surface area contributed by atoms with Gasteiger partial charge in [-0.2, -0.15) is 0 Å². The smallest absolute Gasteiger partial charge is 0.219 e. The van der Waals surface area contributed by atoms with Crippen molar-refractivity contribution < 1.29 is 4.79 Å². The third kappa shape index (κ3) is 15.6. The Morgan fingerprint density at radius 3 is 2.05 bits per heavy atom. The van der Waals surface area contributed by atoms with Crippen LogP contribution in [-0.4, -0.2) is 25.5 Å². The Hall–Kier alpha value is -0.570. The van der Waals surface area contributed by atoms with Crippen LogP contribution >= 0.6 is 0 Å². The minimum Gasteiger partial charge on any atom is -0.359 e. The molecule has 0 spiro atoms. The maximum absolute atomic E-state index is 11.1. The molecule has 0 saturated heterocycles. The van der Waals surface area contributed by atoms with Gasteiger partial charge >= 0.3 is 0 Å². The minimum atomic E-state index is 0.142. The van der Waals surface area contributed by atoms with E-state index < -0.39 is 0 Å². The van der Waals surface area contributed by atoms with Crippen LogP contribution < -0.4 is 10.6 Å². The van der Waals surface area contributed by atoms with Crippen LogP contribution in [0.1, 0.15) is 90.9 Å². The quantitative estimate of drug-likeness (QED) is 0.440. The highest BCUT2D eigenvalue weighted by molar-refractivity contribution is 5.75. The molecular weight excluding hydrogens is 260 g/mol. The molecule has 3 nitrogen and oxygen atoms in total. The van der Waals surface area contributed by atoms with Crippen molar-refractivity contribution in [3.05, 3.63) is 0 Å². The molecule has 1 unspecified atom stereocenters. The fourth-order valence-electron chi connectivity index (χ4n) is 2.59. The Morgan fingerprint density at radius 2 is 1.48 bits per heavy atom. The van der Waals surface area contributed by atoms with Gasteiger partial charge in [-0.15, -0.1) is 0 Å². The lowest BCUT2D eigenvalue weighted by Gasteiger charge is -2.13. The van der Waals surface area contributed by atoms with Gasteiger partial charge in [0.1, 0.15) is 0 Å². The van der Waals surface area contributed by atoms with E-state index in [2.05, 4.69) is 24.5 Å². The van der Waals surface area contributed by atoms with Gasteiger partial charge in [0.05, 0.1) is 0 Å². The lowest BCUT2D eigenvalue weighted by atomic mass is 10.0. The molecule has 0 fully saturated rings. The Labute approximate surface area is 132 Å². The van der Waals surface area contributed by atoms with Gasteiger partial charge in [0.2, 0.25) is 5.91 Å². The molecule has 21 heavy (non-hydrogen) atoms. The first-order valence-corrected chi connectivity index (χ1v) is 9.14. The zero-order valence-electron chi connectivity index (χ0n) is 14.7. The zero-order valence-corrected chi connectivity index (χ0v) is 14.7. The second kappa shape index (κ2) is 15.8. The van der Waals surface area contributed by atoms with Crippen molar-refractivity contribution in [1.82, 2.24) is 10.6 Å². The van der Waals surface area contributed by atoms with Crippen molar-refractivity contribution in [2.75, 3.05) is 13.6 Å². The summed E-state index contributed by atoms with van der Waals surface area (Å²) >= 11 is 0. The van der Waals surface area contributed by atoms with Crippen LogP contribution in [0.4, 0.5) is 0 Å². The molecule has 3 heteroatoms. The average Bonchev–Trinajstić information content (AvgIpc) is 2.49. The Bertz CT molecular complexity index is 231. The molecule has 0 saturated carbocycles. The molecule has 126 valence electrons. The number of unbranched alkanes of at least 4 members (excludes halogenated alkanes) is 8. The maximum Gasteiger partial charge on any atom is 0.219 e. The van der Waals surface area contributed by atoms with Crippen LogP contribution in [0.3, 0.4) is 0 Å². The summed E-state index contributed by atoms with van der Waals surface area (Å²) in [5, 5.41) is 6.16. The first kappa shape index (κ1) is 20.4. The molecule has 0 aliphatic rings. The Morgan fingerprint density at radius 1 is 0.905 bits per heavy atom. The molecule has 0 rings (SSSR count). The van der Waals surface area contributed by atoms with E-state index in [1.807, 2.05) is 0 Å². The standard InChI is InChI=1S/C18H38N2O/c1-4-5-6-7-8-9-10-11-12-14-17(2)20-16-13-15-18(21)19-3/h17,20H,4-16H2,1-3H3,(H,19,21).